The highest BCUT2D eigenvalue weighted by atomic mass is 16.7. The van der Waals surface area contributed by atoms with Crippen molar-refractivity contribution in [1.29, 1.82) is 0 Å². The van der Waals surface area contributed by atoms with Gasteiger partial charge >= 0.3 is 5.97 Å². The van der Waals surface area contributed by atoms with Crippen molar-refractivity contribution in [3.63, 3.8) is 0 Å². The molecule has 0 unspecified atom stereocenters. The molecule has 0 radical (unpaired) electrons. The standard InChI is InChI=1S/C29H30N2O4/c1-5-15-29(16-6-2)26-17-21(28(30-35-20(4)32)23-10-8-7-9-19(23)3)11-13-24(26)25-14-12-22(31(33)34)18-27(25)29/h7-14,17-18H,5-6,15-16H2,1-4H3/b30-28-. The van der Waals surface area contributed by atoms with E-state index < -0.39 is 5.97 Å². The van der Waals surface area contributed by atoms with Gasteiger partial charge in [-0.05, 0) is 59.7 Å². The summed E-state index contributed by atoms with van der Waals surface area (Å²) < 4.78 is 0. The first-order chi connectivity index (χ1) is 16.8. The Morgan fingerprint density at radius 2 is 1.60 bits per heavy atom. The average molecular weight is 471 g/mol. The molecule has 35 heavy (non-hydrogen) atoms. The first kappa shape index (κ1) is 24.3. The molecule has 1 aliphatic rings. The lowest BCUT2D eigenvalue weighted by Gasteiger charge is -2.32. The molecule has 0 atom stereocenters. The fourth-order valence-corrected chi connectivity index (χ4v) is 5.47. The van der Waals surface area contributed by atoms with Crippen LogP contribution in [-0.4, -0.2) is 16.6 Å². The summed E-state index contributed by atoms with van der Waals surface area (Å²) in [5.74, 6) is -0.483. The van der Waals surface area contributed by atoms with Gasteiger partial charge in [0, 0.05) is 35.6 Å². The Balaban J connectivity index is 1.96. The van der Waals surface area contributed by atoms with E-state index >= 15 is 0 Å². The van der Waals surface area contributed by atoms with Crippen LogP contribution in [0.25, 0.3) is 11.1 Å². The van der Waals surface area contributed by atoms with E-state index in [1.807, 2.05) is 43.3 Å². The number of nitro benzene ring substituents is 1. The Hall–Kier alpha value is -3.80. The van der Waals surface area contributed by atoms with Crippen molar-refractivity contribution >= 4 is 17.4 Å². The Kier molecular flexibility index (Phi) is 6.83. The third kappa shape index (κ3) is 4.36. The highest BCUT2D eigenvalue weighted by molar-refractivity contribution is 6.14. The average Bonchev–Trinajstić information content (AvgIpc) is 3.09. The third-order valence-electron chi connectivity index (χ3n) is 6.85. The molecule has 0 aromatic heterocycles. The molecular weight excluding hydrogens is 440 g/mol. The number of non-ortho nitro benzene ring substituents is 1. The minimum Gasteiger partial charge on any atom is -0.318 e. The molecular formula is C29H30N2O4. The normalized spacial score (nSPS) is 13.8. The van der Waals surface area contributed by atoms with Gasteiger partial charge in [0.25, 0.3) is 5.69 Å². The molecule has 0 spiro atoms. The molecule has 4 rings (SSSR count). The van der Waals surface area contributed by atoms with Gasteiger partial charge in [0.2, 0.25) is 0 Å². The second kappa shape index (κ2) is 9.82. The highest BCUT2D eigenvalue weighted by Crippen LogP contribution is 2.54. The summed E-state index contributed by atoms with van der Waals surface area (Å²) in [7, 11) is 0. The number of carbonyl (C=O) groups is 1. The van der Waals surface area contributed by atoms with Gasteiger partial charge in [0.1, 0.15) is 5.71 Å². The van der Waals surface area contributed by atoms with E-state index in [4.69, 9.17) is 4.84 Å². The summed E-state index contributed by atoms with van der Waals surface area (Å²) in [4.78, 5) is 28.0. The van der Waals surface area contributed by atoms with Gasteiger partial charge in [0.15, 0.2) is 0 Å². The van der Waals surface area contributed by atoms with Crippen LogP contribution in [0.3, 0.4) is 0 Å². The number of hydrogen-bond donors (Lipinski definition) is 0. The van der Waals surface area contributed by atoms with Crippen LogP contribution in [0.1, 0.15) is 74.3 Å². The SMILES string of the molecule is CCCC1(CCC)c2cc(/C(=N/OC(C)=O)c3ccccc3C)ccc2-c2ccc([N+](=O)[O-])cc21. The zero-order valence-electron chi connectivity index (χ0n) is 20.6. The molecule has 0 saturated heterocycles. The first-order valence-electron chi connectivity index (χ1n) is 12.1. The van der Waals surface area contributed by atoms with Crippen molar-refractivity contribution in [1.82, 2.24) is 0 Å². The van der Waals surface area contributed by atoms with Gasteiger partial charge in [0.05, 0.1) is 4.92 Å². The van der Waals surface area contributed by atoms with Gasteiger partial charge < -0.3 is 4.84 Å². The van der Waals surface area contributed by atoms with E-state index in [9.17, 15) is 14.9 Å². The van der Waals surface area contributed by atoms with Crippen LogP contribution in [0.4, 0.5) is 5.69 Å². The number of nitro groups is 1. The van der Waals surface area contributed by atoms with E-state index in [1.165, 1.54) is 6.92 Å². The second-order valence-electron chi connectivity index (χ2n) is 9.17. The Morgan fingerprint density at radius 3 is 2.20 bits per heavy atom. The Labute approximate surface area is 205 Å². The van der Waals surface area contributed by atoms with Crippen molar-refractivity contribution in [2.75, 3.05) is 0 Å². The van der Waals surface area contributed by atoms with Gasteiger partial charge in [-0.1, -0.05) is 68.2 Å². The molecule has 6 nitrogen and oxygen atoms in total. The number of rotatable bonds is 8. The van der Waals surface area contributed by atoms with E-state index in [-0.39, 0.29) is 16.0 Å². The lowest BCUT2D eigenvalue weighted by atomic mass is 9.71. The third-order valence-corrected chi connectivity index (χ3v) is 6.85. The summed E-state index contributed by atoms with van der Waals surface area (Å²) in [5, 5.41) is 15.9. The topological polar surface area (TPSA) is 81.8 Å². The van der Waals surface area contributed by atoms with Crippen LogP contribution in [0.5, 0.6) is 0 Å². The Morgan fingerprint density at radius 1 is 0.971 bits per heavy atom. The minimum atomic E-state index is -0.483. The summed E-state index contributed by atoms with van der Waals surface area (Å²) in [6, 6.07) is 19.3. The number of aryl methyl sites for hydroxylation is 1. The van der Waals surface area contributed by atoms with Crippen LogP contribution in [0.2, 0.25) is 0 Å². The summed E-state index contributed by atoms with van der Waals surface area (Å²) in [6.45, 7) is 7.63. The van der Waals surface area contributed by atoms with Crippen LogP contribution in [-0.2, 0) is 15.0 Å². The highest BCUT2D eigenvalue weighted by Gasteiger charge is 2.43. The van der Waals surface area contributed by atoms with Crippen LogP contribution < -0.4 is 0 Å². The minimum absolute atomic E-state index is 0.116. The molecule has 180 valence electrons. The Bertz CT molecular complexity index is 1320. The molecule has 0 N–H and O–H groups in total. The number of carbonyl (C=O) groups excluding carboxylic acids is 1. The summed E-state index contributed by atoms with van der Waals surface area (Å²) in [6.07, 6.45) is 3.65. The molecule has 0 amide bonds. The lowest BCUT2D eigenvalue weighted by molar-refractivity contribution is -0.384. The summed E-state index contributed by atoms with van der Waals surface area (Å²) in [5.41, 5.74) is 7.45. The predicted molar refractivity (Wildman–Crippen MR) is 138 cm³/mol. The van der Waals surface area contributed by atoms with Crippen molar-refractivity contribution in [3.05, 3.63) is 98.6 Å². The van der Waals surface area contributed by atoms with Crippen LogP contribution in [0.15, 0.2) is 65.8 Å². The number of oxime groups is 1. The summed E-state index contributed by atoms with van der Waals surface area (Å²) >= 11 is 0. The maximum absolute atomic E-state index is 11.6. The maximum Gasteiger partial charge on any atom is 0.332 e. The monoisotopic (exact) mass is 470 g/mol. The zero-order valence-corrected chi connectivity index (χ0v) is 20.6. The van der Waals surface area contributed by atoms with Crippen molar-refractivity contribution < 1.29 is 14.6 Å². The smallest absolute Gasteiger partial charge is 0.318 e. The number of fused-ring (bicyclic) bond motifs is 3. The molecule has 0 bridgehead atoms. The van der Waals surface area contributed by atoms with E-state index in [0.717, 1.165) is 64.6 Å². The molecule has 6 heteroatoms. The molecule has 3 aromatic carbocycles. The van der Waals surface area contributed by atoms with Crippen molar-refractivity contribution in [3.8, 4) is 11.1 Å². The van der Waals surface area contributed by atoms with Gasteiger partial charge in [-0.3, -0.25) is 10.1 Å². The number of benzene rings is 3. The van der Waals surface area contributed by atoms with Gasteiger partial charge in [-0.2, -0.15) is 0 Å². The largest absolute Gasteiger partial charge is 0.332 e. The molecule has 0 fully saturated rings. The quantitative estimate of drug-likeness (QED) is 0.152. The van der Waals surface area contributed by atoms with E-state index in [2.05, 4.69) is 31.1 Å². The number of nitrogens with zero attached hydrogens (tertiary/aromatic N) is 2. The van der Waals surface area contributed by atoms with E-state index in [0.29, 0.717) is 5.71 Å². The first-order valence-corrected chi connectivity index (χ1v) is 12.1. The van der Waals surface area contributed by atoms with Crippen LogP contribution >= 0.6 is 0 Å². The number of hydrogen-bond acceptors (Lipinski definition) is 5. The van der Waals surface area contributed by atoms with Gasteiger partial charge in [-0.25, -0.2) is 4.79 Å². The van der Waals surface area contributed by atoms with Crippen molar-refractivity contribution in [2.45, 2.75) is 58.8 Å². The zero-order chi connectivity index (χ0) is 25.2. The van der Waals surface area contributed by atoms with Gasteiger partial charge in [-0.15, -0.1) is 0 Å². The predicted octanol–water partition coefficient (Wildman–Crippen LogP) is 7.09. The second-order valence-corrected chi connectivity index (χ2v) is 9.17. The molecule has 1 aliphatic carbocycles. The fourth-order valence-electron chi connectivity index (χ4n) is 5.47. The molecule has 0 heterocycles. The maximum atomic E-state index is 11.6. The fraction of sp³-hybridized carbons (Fsp3) is 0.310. The lowest BCUT2D eigenvalue weighted by Crippen LogP contribution is -2.25. The molecule has 3 aromatic rings. The van der Waals surface area contributed by atoms with E-state index in [1.54, 1.807) is 12.1 Å². The van der Waals surface area contributed by atoms with Crippen LogP contribution in [0, 0.1) is 17.0 Å². The molecule has 0 saturated carbocycles. The van der Waals surface area contributed by atoms with Crippen molar-refractivity contribution in [2.24, 2.45) is 5.16 Å². The molecule has 0 aliphatic heterocycles.